The van der Waals surface area contributed by atoms with E-state index in [1.165, 1.54) is 11.8 Å². The Kier molecular flexibility index (Phi) is 7.36. The van der Waals surface area contributed by atoms with Gasteiger partial charge in [0.25, 0.3) is 5.24 Å². The fourth-order valence-corrected chi connectivity index (χ4v) is 1.71. The summed E-state index contributed by atoms with van der Waals surface area (Å²) in [6.45, 7) is 7.95. The minimum Gasteiger partial charge on any atom is -0.334 e. The molecule has 12 heavy (non-hydrogen) atoms. The lowest BCUT2D eigenvalue weighted by atomic mass is 10.4. The lowest BCUT2D eigenvalue weighted by Crippen LogP contribution is -2.28. The zero-order valence-electron chi connectivity index (χ0n) is 8.30. The first-order valence-corrected chi connectivity index (χ1v) is 5.66. The van der Waals surface area contributed by atoms with Crippen molar-refractivity contribution in [1.82, 2.24) is 4.90 Å². The summed E-state index contributed by atoms with van der Waals surface area (Å²) >= 11 is 1.44. The summed E-state index contributed by atoms with van der Waals surface area (Å²) in [5, 5.41) is 0.237. The number of rotatable bonds is 5. The second-order valence-electron chi connectivity index (χ2n) is 2.69. The molecule has 0 atom stereocenters. The lowest BCUT2D eigenvalue weighted by Gasteiger charge is -2.18. The van der Waals surface area contributed by atoms with Crippen molar-refractivity contribution in [2.75, 3.05) is 18.8 Å². The van der Waals surface area contributed by atoms with Crippen molar-refractivity contribution in [1.29, 1.82) is 0 Å². The molecule has 0 radical (unpaired) electrons. The summed E-state index contributed by atoms with van der Waals surface area (Å²) in [6, 6.07) is 0. The topological polar surface area (TPSA) is 20.3 Å². The summed E-state index contributed by atoms with van der Waals surface area (Å²) < 4.78 is 0. The van der Waals surface area contributed by atoms with Crippen LogP contribution in [0.4, 0.5) is 4.79 Å². The minimum absolute atomic E-state index is 0.237. The van der Waals surface area contributed by atoms with Crippen LogP contribution in [0.15, 0.2) is 0 Å². The van der Waals surface area contributed by atoms with Crippen LogP contribution in [0.3, 0.4) is 0 Å². The Balaban J connectivity index is 3.69. The molecule has 0 heterocycles. The zero-order valence-corrected chi connectivity index (χ0v) is 9.12. The van der Waals surface area contributed by atoms with Crippen LogP contribution in [0.25, 0.3) is 0 Å². The number of amides is 1. The normalized spacial score (nSPS) is 9.92. The fourth-order valence-electron chi connectivity index (χ4n) is 0.929. The maximum Gasteiger partial charge on any atom is 0.281 e. The first-order valence-electron chi connectivity index (χ1n) is 4.67. The van der Waals surface area contributed by atoms with E-state index in [2.05, 4.69) is 13.8 Å². The molecule has 0 unspecified atom stereocenters. The van der Waals surface area contributed by atoms with Crippen LogP contribution in [0.2, 0.25) is 0 Å². The van der Waals surface area contributed by atoms with Crippen molar-refractivity contribution in [3.63, 3.8) is 0 Å². The summed E-state index contributed by atoms with van der Waals surface area (Å²) in [7, 11) is 0. The van der Waals surface area contributed by atoms with Gasteiger partial charge in [-0.2, -0.15) is 0 Å². The van der Waals surface area contributed by atoms with Gasteiger partial charge in [0.2, 0.25) is 0 Å². The zero-order chi connectivity index (χ0) is 9.40. The quantitative estimate of drug-likeness (QED) is 0.662. The maximum absolute atomic E-state index is 11.4. The van der Waals surface area contributed by atoms with Gasteiger partial charge in [-0.15, -0.1) is 0 Å². The van der Waals surface area contributed by atoms with Gasteiger partial charge in [-0.1, -0.05) is 25.6 Å². The second-order valence-corrected chi connectivity index (χ2v) is 3.74. The number of hydrogen-bond acceptors (Lipinski definition) is 2. The third-order valence-corrected chi connectivity index (χ3v) is 2.68. The Morgan fingerprint density at radius 2 is 1.92 bits per heavy atom. The Morgan fingerprint density at radius 3 is 2.33 bits per heavy atom. The van der Waals surface area contributed by atoms with Gasteiger partial charge in [0.15, 0.2) is 0 Å². The summed E-state index contributed by atoms with van der Waals surface area (Å²) in [5.41, 5.74) is 0. The molecule has 0 rings (SSSR count). The molecule has 0 aliphatic carbocycles. The van der Waals surface area contributed by atoms with E-state index in [4.69, 9.17) is 0 Å². The Hall–Kier alpha value is -0.180. The number of thioether (sulfide) groups is 1. The van der Waals surface area contributed by atoms with Crippen molar-refractivity contribution < 1.29 is 4.79 Å². The summed E-state index contributed by atoms with van der Waals surface area (Å²) in [6.07, 6.45) is 2.12. The van der Waals surface area contributed by atoms with Crippen LogP contribution < -0.4 is 0 Å². The molecule has 1 amide bonds. The van der Waals surface area contributed by atoms with Crippen molar-refractivity contribution >= 4 is 17.0 Å². The van der Waals surface area contributed by atoms with Crippen LogP contribution in [0.1, 0.15) is 33.6 Å². The standard InChI is InChI=1S/C9H19NOS/c1-4-7-10(6-3)9(11)12-8-5-2/h4-8H2,1-3H3. The van der Waals surface area contributed by atoms with E-state index in [0.717, 1.165) is 31.7 Å². The number of carbonyl (C=O) groups excluding carboxylic acids is 1. The van der Waals surface area contributed by atoms with Gasteiger partial charge >= 0.3 is 0 Å². The average Bonchev–Trinajstić information content (AvgIpc) is 2.10. The molecule has 0 spiro atoms. The molecule has 0 bridgehead atoms. The molecular formula is C9H19NOS. The molecule has 0 aliphatic rings. The molecule has 0 aromatic rings. The third kappa shape index (κ3) is 4.65. The van der Waals surface area contributed by atoms with E-state index >= 15 is 0 Å². The van der Waals surface area contributed by atoms with Crippen LogP contribution >= 0.6 is 11.8 Å². The largest absolute Gasteiger partial charge is 0.334 e. The van der Waals surface area contributed by atoms with Gasteiger partial charge in [0.05, 0.1) is 0 Å². The van der Waals surface area contributed by atoms with E-state index in [1.54, 1.807) is 0 Å². The second kappa shape index (κ2) is 7.47. The molecule has 0 saturated heterocycles. The SMILES string of the molecule is CCCSC(=O)N(CC)CCC. The molecule has 0 N–H and O–H groups in total. The average molecular weight is 189 g/mol. The molecule has 0 aromatic carbocycles. The van der Waals surface area contributed by atoms with Crippen molar-refractivity contribution in [3.8, 4) is 0 Å². The first kappa shape index (κ1) is 11.8. The highest BCUT2D eigenvalue weighted by molar-refractivity contribution is 8.13. The van der Waals surface area contributed by atoms with Crippen LogP contribution in [0, 0.1) is 0 Å². The number of nitrogens with zero attached hydrogens (tertiary/aromatic N) is 1. The van der Waals surface area contributed by atoms with Gasteiger partial charge in [0, 0.05) is 18.8 Å². The van der Waals surface area contributed by atoms with Crippen molar-refractivity contribution in [3.05, 3.63) is 0 Å². The molecule has 0 aliphatic heterocycles. The van der Waals surface area contributed by atoms with E-state index in [0.29, 0.717) is 0 Å². The monoisotopic (exact) mass is 189 g/mol. The number of hydrogen-bond donors (Lipinski definition) is 0. The van der Waals surface area contributed by atoms with E-state index in [-0.39, 0.29) is 5.24 Å². The van der Waals surface area contributed by atoms with Crippen LogP contribution in [0.5, 0.6) is 0 Å². The fraction of sp³-hybridized carbons (Fsp3) is 0.889. The molecule has 0 saturated carbocycles. The van der Waals surface area contributed by atoms with E-state index < -0.39 is 0 Å². The Bertz CT molecular complexity index is 128. The third-order valence-electron chi connectivity index (χ3n) is 1.56. The van der Waals surface area contributed by atoms with Gasteiger partial charge in [-0.05, 0) is 19.8 Å². The van der Waals surface area contributed by atoms with Gasteiger partial charge in [0.1, 0.15) is 0 Å². The highest BCUT2D eigenvalue weighted by Gasteiger charge is 2.09. The molecular weight excluding hydrogens is 170 g/mol. The first-order chi connectivity index (χ1) is 5.76. The Morgan fingerprint density at radius 1 is 1.25 bits per heavy atom. The molecule has 72 valence electrons. The molecule has 0 fully saturated rings. The van der Waals surface area contributed by atoms with Crippen molar-refractivity contribution in [2.45, 2.75) is 33.6 Å². The smallest absolute Gasteiger partial charge is 0.281 e. The highest BCUT2D eigenvalue weighted by atomic mass is 32.2. The summed E-state index contributed by atoms with van der Waals surface area (Å²) in [4.78, 5) is 13.3. The van der Waals surface area contributed by atoms with Crippen LogP contribution in [-0.4, -0.2) is 29.0 Å². The molecule has 3 heteroatoms. The van der Waals surface area contributed by atoms with Gasteiger partial charge < -0.3 is 4.90 Å². The summed E-state index contributed by atoms with van der Waals surface area (Å²) in [5.74, 6) is 0.943. The predicted octanol–water partition coefficient (Wildman–Crippen LogP) is 2.98. The molecule has 0 aromatic heterocycles. The van der Waals surface area contributed by atoms with E-state index in [1.807, 2.05) is 11.8 Å². The minimum atomic E-state index is 0.237. The molecule has 2 nitrogen and oxygen atoms in total. The van der Waals surface area contributed by atoms with Gasteiger partial charge in [-0.3, -0.25) is 4.79 Å². The predicted molar refractivity (Wildman–Crippen MR) is 55.7 cm³/mol. The maximum atomic E-state index is 11.4. The van der Waals surface area contributed by atoms with Crippen molar-refractivity contribution in [2.24, 2.45) is 0 Å². The lowest BCUT2D eigenvalue weighted by molar-refractivity contribution is 0.226. The Labute approximate surface area is 79.7 Å². The van der Waals surface area contributed by atoms with E-state index in [9.17, 15) is 4.79 Å². The van der Waals surface area contributed by atoms with Crippen LogP contribution in [-0.2, 0) is 0 Å². The number of carbonyl (C=O) groups is 1. The highest BCUT2D eigenvalue weighted by Crippen LogP contribution is 2.09. The van der Waals surface area contributed by atoms with Gasteiger partial charge in [-0.25, -0.2) is 0 Å².